The Bertz CT molecular complexity index is 745. The predicted molar refractivity (Wildman–Crippen MR) is 89.3 cm³/mol. The van der Waals surface area contributed by atoms with E-state index in [0.29, 0.717) is 40.5 Å². The average Bonchev–Trinajstić information content (AvgIpc) is 2.97. The third kappa shape index (κ3) is 4.00. The van der Waals surface area contributed by atoms with Gasteiger partial charge in [-0.05, 0) is 31.9 Å². The van der Waals surface area contributed by atoms with Crippen molar-refractivity contribution in [2.75, 3.05) is 0 Å². The van der Waals surface area contributed by atoms with Gasteiger partial charge in [0.2, 0.25) is 0 Å². The molecule has 0 aromatic carbocycles. The van der Waals surface area contributed by atoms with E-state index in [0.717, 1.165) is 11.3 Å². The highest BCUT2D eigenvalue weighted by molar-refractivity contribution is 7.17. The molecule has 1 amide bonds. The molecule has 3 rings (SSSR count). The standard InChI is InChI=1S/C17H18F3N3OS/c1-10-14(25-16(22-10)13-8-4-5-9-21-13)15(24)23-12-7-3-2-6-11(12)17(18,19)20/h4-5,8-9,11-12H,2-3,6-7H2,1H3,(H,23,24)/t11-,12-/m1/s1. The molecule has 2 atom stereocenters. The summed E-state index contributed by atoms with van der Waals surface area (Å²) in [6, 6.07) is 4.49. The Balaban J connectivity index is 1.78. The van der Waals surface area contributed by atoms with Crippen LogP contribution in [0.1, 0.15) is 41.0 Å². The van der Waals surface area contributed by atoms with E-state index in [-0.39, 0.29) is 6.42 Å². The van der Waals surface area contributed by atoms with E-state index >= 15 is 0 Å². The van der Waals surface area contributed by atoms with Crippen LogP contribution in [-0.4, -0.2) is 28.1 Å². The Hall–Kier alpha value is -1.96. The van der Waals surface area contributed by atoms with E-state index in [2.05, 4.69) is 15.3 Å². The lowest BCUT2D eigenvalue weighted by atomic mass is 9.84. The van der Waals surface area contributed by atoms with Crippen LogP contribution in [0.25, 0.3) is 10.7 Å². The van der Waals surface area contributed by atoms with E-state index in [4.69, 9.17) is 0 Å². The number of carbonyl (C=O) groups excluding carboxylic acids is 1. The van der Waals surface area contributed by atoms with Crippen molar-refractivity contribution in [3.05, 3.63) is 35.0 Å². The molecule has 0 unspecified atom stereocenters. The summed E-state index contributed by atoms with van der Waals surface area (Å²) >= 11 is 1.15. The number of aromatic nitrogens is 2. The van der Waals surface area contributed by atoms with E-state index in [1.54, 1.807) is 25.3 Å². The number of aryl methyl sites for hydroxylation is 1. The van der Waals surface area contributed by atoms with Crippen LogP contribution in [0.3, 0.4) is 0 Å². The zero-order valence-corrected chi connectivity index (χ0v) is 14.5. The van der Waals surface area contributed by atoms with Crippen LogP contribution < -0.4 is 5.32 Å². The van der Waals surface area contributed by atoms with E-state index in [1.165, 1.54) is 0 Å². The average molecular weight is 369 g/mol. The van der Waals surface area contributed by atoms with Crippen molar-refractivity contribution in [1.29, 1.82) is 0 Å². The summed E-state index contributed by atoms with van der Waals surface area (Å²) < 4.78 is 39.5. The van der Waals surface area contributed by atoms with Gasteiger partial charge in [0.15, 0.2) is 0 Å². The molecule has 4 nitrogen and oxygen atoms in total. The molecule has 1 N–H and O–H groups in total. The molecule has 25 heavy (non-hydrogen) atoms. The summed E-state index contributed by atoms with van der Waals surface area (Å²) in [6.07, 6.45) is -1.02. The van der Waals surface area contributed by atoms with E-state index in [9.17, 15) is 18.0 Å². The molecule has 1 aliphatic rings. The molecule has 0 radical (unpaired) electrons. The van der Waals surface area contributed by atoms with Gasteiger partial charge in [0.1, 0.15) is 9.88 Å². The fraction of sp³-hybridized carbons (Fsp3) is 0.471. The summed E-state index contributed by atoms with van der Waals surface area (Å²) in [4.78, 5) is 21.4. The molecule has 0 bridgehead atoms. The fourth-order valence-electron chi connectivity index (χ4n) is 3.14. The first-order valence-corrected chi connectivity index (χ1v) is 8.94. The molecule has 0 saturated heterocycles. The van der Waals surface area contributed by atoms with Crippen molar-refractivity contribution >= 4 is 17.2 Å². The second kappa shape index (κ2) is 7.11. The molecule has 2 aromatic heterocycles. The maximum absolute atomic E-state index is 13.2. The lowest BCUT2D eigenvalue weighted by molar-refractivity contribution is -0.187. The highest BCUT2D eigenvalue weighted by Crippen LogP contribution is 2.38. The Kier molecular flexibility index (Phi) is 5.08. The summed E-state index contributed by atoms with van der Waals surface area (Å²) in [7, 11) is 0. The van der Waals surface area contributed by atoms with Gasteiger partial charge in [-0.25, -0.2) is 4.98 Å². The number of halogens is 3. The van der Waals surface area contributed by atoms with Gasteiger partial charge in [0, 0.05) is 12.2 Å². The number of nitrogens with zero attached hydrogens (tertiary/aromatic N) is 2. The number of carbonyl (C=O) groups is 1. The van der Waals surface area contributed by atoms with Crippen LogP contribution in [0.4, 0.5) is 13.2 Å². The van der Waals surface area contributed by atoms with Gasteiger partial charge in [-0.2, -0.15) is 13.2 Å². The molecule has 1 aliphatic carbocycles. The van der Waals surface area contributed by atoms with Gasteiger partial charge in [-0.3, -0.25) is 9.78 Å². The number of alkyl halides is 3. The van der Waals surface area contributed by atoms with Crippen LogP contribution in [0.2, 0.25) is 0 Å². The highest BCUT2D eigenvalue weighted by Gasteiger charge is 2.46. The van der Waals surface area contributed by atoms with Gasteiger partial charge < -0.3 is 5.32 Å². The van der Waals surface area contributed by atoms with Crippen LogP contribution in [0.15, 0.2) is 24.4 Å². The molecule has 1 saturated carbocycles. The van der Waals surface area contributed by atoms with Crippen LogP contribution in [-0.2, 0) is 0 Å². The molecule has 2 aromatic rings. The van der Waals surface area contributed by atoms with Crippen LogP contribution >= 0.6 is 11.3 Å². The summed E-state index contributed by atoms with van der Waals surface area (Å²) in [6.45, 7) is 1.68. The van der Waals surface area contributed by atoms with Gasteiger partial charge in [0.05, 0.1) is 17.3 Å². The SMILES string of the molecule is Cc1nc(-c2ccccn2)sc1C(=O)N[C@@H]1CCCC[C@H]1C(F)(F)F. The Labute approximate surface area is 147 Å². The molecule has 8 heteroatoms. The molecule has 0 aliphatic heterocycles. The van der Waals surface area contributed by atoms with Crippen molar-refractivity contribution in [2.24, 2.45) is 5.92 Å². The summed E-state index contributed by atoms with van der Waals surface area (Å²) in [5, 5.41) is 3.17. The lowest BCUT2D eigenvalue weighted by Crippen LogP contribution is -2.47. The number of amides is 1. The van der Waals surface area contributed by atoms with Crippen molar-refractivity contribution in [1.82, 2.24) is 15.3 Å². The normalized spacial score (nSPS) is 21.1. The third-order valence-electron chi connectivity index (χ3n) is 4.39. The van der Waals surface area contributed by atoms with E-state index in [1.807, 2.05) is 6.07 Å². The minimum absolute atomic E-state index is 0.0648. The first kappa shape index (κ1) is 17.8. The fourth-order valence-corrected chi connectivity index (χ4v) is 4.08. The molecular formula is C17H18F3N3OS. The number of hydrogen-bond acceptors (Lipinski definition) is 4. The smallest absolute Gasteiger partial charge is 0.348 e. The van der Waals surface area contributed by atoms with Gasteiger partial charge >= 0.3 is 6.18 Å². The minimum atomic E-state index is -4.29. The first-order valence-electron chi connectivity index (χ1n) is 8.12. The second-order valence-electron chi connectivity index (χ2n) is 6.16. The maximum atomic E-state index is 13.2. The number of pyridine rings is 1. The molecule has 1 fully saturated rings. The van der Waals surface area contributed by atoms with Crippen molar-refractivity contribution in [3.8, 4) is 10.7 Å². The molecule has 134 valence electrons. The number of thiazole rings is 1. The topological polar surface area (TPSA) is 54.9 Å². The van der Waals surface area contributed by atoms with Crippen molar-refractivity contribution < 1.29 is 18.0 Å². The highest BCUT2D eigenvalue weighted by atomic mass is 32.1. The zero-order valence-electron chi connectivity index (χ0n) is 13.6. The quantitative estimate of drug-likeness (QED) is 0.874. The minimum Gasteiger partial charge on any atom is -0.348 e. The molecule has 0 spiro atoms. The summed E-state index contributed by atoms with van der Waals surface area (Å²) in [5.74, 6) is -1.97. The van der Waals surface area contributed by atoms with Gasteiger partial charge in [0.25, 0.3) is 5.91 Å². The van der Waals surface area contributed by atoms with Crippen molar-refractivity contribution in [3.63, 3.8) is 0 Å². The summed E-state index contributed by atoms with van der Waals surface area (Å²) in [5.41, 5.74) is 1.14. The largest absolute Gasteiger partial charge is 0.393 e. The predicted octanol–water partition coefficient (Wildman–Crippen LogP) is 4.36. The Morgan fingerprint density at radius 3 is 2.72 bits per heavy atom. The third-order valence-corrected chi connectivity index (χ3v) is 5.57. The monoisotopic (exact) mass is 369 g/mol. The maximum Gasteiger partial charge on any atom is 0.393 e. The second-order valence-corrected chi connectivity index (χ2v) is 7.16. The van der Waals surface area contributed by atoms with Crippen LogP contribution in [0, 0.1) is 12.8 Å². The van der Waals surface area contributed by atoms with Gasteiger partial charge in [-0.15, -0.1) is 11.3 Å². The number of nitrogens with one attached hydrogen (secondary N) is 1. The lowest BCUT2D eigenvalue weighted by Gasteiger charge is -2.33. The molecular weight excluding hydrogens is 351 g/mol. The Morgan fingerprint density at radius 2 is 2.04 bits per heavy atom. The zero-order chi connectivity index (χ0) is 18.0. The first-order chi connectivity index (χ1) is 11.9. The van der Waals surface area contributed by atoms with Gasteiger partial charge in [-0.1, -0.05) is 18.9 Å². The van der Waals surface area contributed by atoms with E-state index < -0.39 is 24.0 Å². The number of rotatable bonds is 3. The Morgan fingerprint density at radius 1 is 1.28 bits per heavy atom. The molecule has 2 heterocycles. The van der Waals surface area contributed by atoms with Crippen LogP contribution in [0.5, 0.6) is 0 Å². The van der Waals surface area contributed by atoms with Crippen molar-refractivity contribution in [2.45, 2.75) is 44.8 Å². The number of hydrogen-bond donors (Lipinski definition) is 1.